The Hall–Kier alpha value is -2.88. The molecule has 25 heavy (non-hydrogen) atoms. The lowest BCUT2D eigenvalue weighted by molar-refractivity contribution is 0.423. The summed E-state index contributed by atoms with van der Waals surface area (Å²) in [5.74, 6) is 0.0948. The van der Waals surface area contributed by atoms with Crippen molar-refractivity contribution in [3.63, 3.8) is 0 Å². The molecule has 7 heteroatoms. The largest absolute Gasteiger partial charge is 0.502 e. The molecule has 0 saturated carbocycles. The molecule has 1 aromatic carbocycles. The van der Waals surface area contributed by atoms with Crippen molar-refractivity contribution >= 4 is 5.95 Å². The Kier molecular flexibility index (Phi) is 4.70. The highest BCUT2D eigenvalue weighted by molar-refractivity contribution is 5.40. The smallest absolute Gasteiger partial charge is 0.297 e. The normalized spacial score (nSPS) is 15.2. The molecule has 130 valence electrons. The summed E-state index contributed by atoms with van der Waals surface area (Å²) in [5, 5.41) is 19.0. The highest BCUT2D eigenvalue weighted by atomic mass is 19.1. The number of anilines is 1. The van der Waals surface area contributed by atoms with Crippen LogP contribution in [0.2, 0.25) is 0 Å². The maximum absolute atomic E-state index is 13.6. The van der Waals surface area contributed by atoms with Gasteiger partial charge in [0.05, 0.1) is 24.4 Å². The highest BCUT2D eigenvalue weighted by Crippen LogP contribution is 2.22. The number of hydrogen-bond donors (Lipinski definition) is 1. The first-order chi connectivity index (χ1) is 12.0. The van der Waals surface area contributed by atoms with Gasteiger partial charge in [0.15, 0.2) is 0 Å². The molecule has 3 rings (SSSR count). The fraction of sp³-hybridized carbons (Fsp3) is 0.389. The fourth-order valence-electron chi connectivity index (χ4n) is 3.05. The van der Waals surface area contributed by atoms with Crippen molar-refractivity contribution in [3.05, 3.63) is 51.7 Å². The Morgan fingerprint density at radius 2 is 2.12 bits per heavy atom. The van der Waals surface area contributed by atoms with Crippen molar-refractivity contribution in [3.8, 4) is 11.8 Å². The molecule has 2 heterocycles. The second-order valence-electron chi connectivity index (χ2n) is 6.42. The van der Waals surface area contributed by atoms with E-state index in [9.17, 15) is 19.6 Å². The Balaban J connectivity index is 2.04. The van der Waals surface area contributed by atoms with Gasteiger partial charge in [0, 0.05) is 13.1 Å². The molecule has 0 atom stereocenters. The van der Waals surface area contributed by atoms with Crippen LogP contribution in [0.4, 0.5) is 10.3 Å². The zero-order valence-electron chi connectivity index (χ0n) is 13.9. The molecule has 1 fully saturated rings. The van der Waals surface area contributed by atoms with Gasteiger partial charge in [-0.05, 0) is 42.5 Å². The molecule has 1 aliphatic heterocycles. The van der Waals surface area contributed by atoms with Gasteiger partial charge in [-0.15, -0.1) is 0 Å². The monoisotopic (exact) mass is 342 g/mol. The lowest BCUT2D eigenvalue weighted by atomic mass is 9.99. The third-order valence-corrected chi connectivity index (χ3v) is 4.59. The van der Waals surface area contributed by atoms with Crippen LogP contribution < -0.4 is 10.5 Å². The third-order valence-electron chi connectivity index (χ3n) is 4.59. The number of benzene rings is 1. The van der Waals surface area contributed by atoms with Gasteiger partial charge in [-0.2, -0.15) is 5.26 Å². The summed E-state index contributed by atoms with van der Waals surface area (Å²) in [6.07, 6.45) is 3.11. The number of nitriles is 1. The van der Waals surface area contributed by atoms with E-state index in [1.54, 1.807) is 0 Å². The Morgan fingerprint density at radius 3 is 2.80 bits per heavy atom. The summed E-state index contributed by atoms with van der Waals surface area (Å²) in [6, 6.07) is 5.83. The minimum absolute atomic E-state index is 0.0255. The van der Waals surface area contributed by atoms with Crippen molar-refractivity contribution in [1.29, 1.82) is 5.26 Å². The van der Waals surface area contributed by atoms with Crippen LogP contribution in [-0.4, -0.2) is 27.7 Å². The molecule has 6 nitrogen and oxygen atoms in total. The van der Waals surface area contributed by atoms with Gasteiger partial charge in [-0.25, -0.2) is 9.37 Å². The SMILES string of the molecule is CC1CCN(c2ncc(O)c(=O)n2Cc2cc(F)ccc2C#N)CC1. The Bertz CT molecular complexity index is 880. The topological polar surface area (TPSA) is 82.2 Å². The lowest BCUT2D eigenvalue weighted by Gasteiger charge is -2.32. The molecular weight excluding hydrogens is 323 g/mol. The minimum Gasteiger partial charge on any atom is -0.502 e. The maximum atomic E-state index is 13.6. The van der Waals surface area contributed by atoms with Gasteiger partial charge in [0.25, 0.3) is 5.56 Å². The van der Waals surface area contributed by atoms with Gasteiger partial charge in [-0.1, -0.05) is 6.92 Å². The summed E-state index contributed by atoms with van der Waals surface area (Å²) in [4.78, 5) is 18.7. The summed E-state index contributed by atoms with van der Waals surface area (Å²) in [5.41, 5.74) is 0.0651. The van der Waals surface area contributed by atoms with Crippen LogP contribution in [-0.2, 0) is 6.54 Å². The maximum Gasteiger partial charge on any atom is 0.297 e. The van der Waals surface area contributed by atoms with Crippen molar-refractivity contribution in [2.24, 2.45) is 5.92 Å². The molecule has 1 aliphatic rings. The van der Waals surface area contributed by atoms with Crippen LogP contribution in [0.15, 0.2) is 29.2 Å². The van der Waals surface area contributed by atoms with E-state index in [4.69, 9.17) is 0 Å². The van der Waals surface area contributed by atoms with Crippen LogP contribution in [0.1, 0.15) is 30.9 Å². The molecule has 0 amide bonds. The molecule has 0 unspecified atom stereocenters. The van der Waals surface area contributed by atoms with Crippen LogP contribution in [0.5, 0.6) is 5.75 Å². The number of piperidine rings is 1. The van der Waals surface area contributed by atoms with Crippen molar-refractivity contribution in [2.45, 2.75) is 26.3 Å². The quantitative estimate of drug-likeness (QED) is 0.925. The number of aromatic nitrogens is 2. The summed E-state index contributed by atoms with van der Waals surface area (Å²) in [6.45, 7) is 3.67. The van der Waals surface area contributed by atoms with Crippen molar-refractivity contribution in [2.75, 3.05) is 18.0 Å². The van der Waals surface area contributed by atoms with E-state index in [0.29, 0.717) is 17.4 Å². The van der Waals surface area contributed by atoms with E-state index in [2.05, 4.69) is 11.9 Å². The third kappa shape index (κ3) is 3.48. The number of hydrogen-bond acceptors (Lipinski definition) is 5. The van der Waals surface area contributed by atoms with Gasteiger partial charge in [-0.3, -0.25) is 9.36 Å². The molecule has 0 aliphatic carbocycles. The van der Waals surface area contributed by atoms with Crippen molar-refractivity contribution in [1.82, 2.24) is 9.55 Å². The molecule has 1 N–H and O–H groups in total. The first-order valence-corrected chi connectivity index (χ1v) is 8.22. The molecule has 2 aromatic rings. The van der Waals surface area contributed by atoms with E-state index >= 15 is 0 Å². The average molecular weight is 342 g/mol. The summed E-state index contributed by atoms with van der Waals surface area (Å²) >= 11 is 0. The van der Waals surface area contributed by atoms with E-state index in [-0.39, 0.29) is 12.1 Å². The van der Waals surface area contributed by atoms with Crippen LogP contribution in [0.25, 0.3) is 0 Å². The first kappa shape index (κ1) is 17.0. The minimum atomic E-state index is -0.600. The van der Waals surface area contributed by atoms with Crippen LogP contribution in [0, 0.1) is 23.1 Å². The molecule has 0 bridgehead atoms. The highest BCUT2D eigenvalue weighted by Gasteiger charge is 2.22. The van der Waals surface area contributed by atoms with E-state index in [0.717, 1.165) is 32.1 Å². The predicted molar refractivity (Wildman–Crippen MR) is 91.0 cm³/mol. The zero-order valence-corrected chi connectivity index (χ0v) is 13.9. The number of aromatic hydroxyl groups is 1. The number of nitrogens with zero attached hydrogens (tertiary/aromatic N) is 4. The summed E-state index contributed by atoms with van der Waals surface area (Å²) in [7, 11) is 0. The molecule has 0 radical (unpaired) electrons. The Morgan fingerprint density at radius 1 is 1.40 bits per heavy atom. The van der Waals surface area contributed by atoms with E-state index in [1.807, 2.05) is 11.0 Å². The Labute approximate surface area is 144 Å². The molecule has 0 spiro atoms. The lowest BCUT2D eigenvalue weighted by Crippen LogP contribution is -2.38. The first-order valence-electron chi connectivity index (χ1n) is 8.22. The van der Waals surface area contributed by atoms with Gasteiger partial charge in [0.2, 0.25) is 11.7 Å². The standard InChI is InChI=1S/C18H19FN4O2/c1-12-4-6-22(7-5-12)18-21-10-16(24)17(25)23(18)11-14-8-15(19)3-2-13(14)9-20/h2-3,8,10,12,24H,4-7,11H2,1H3. The fourth-order valence-corrected chi connectivity index (χ4v) is 3.05. The average Bonchev–Trinajstić information content (AvgIpc) is 2.60. The van der Waals surface area contributed by atoms with Crippen molar-refractivity contribution < 1.29 is 9.50 Å². The number of halogens is 1. The van der Waals surface area contributed by atoms with Gasteiger partial charge >= 0.3 is 0 Å². The predicted octanol–water partition coefficient (Wildman–Crippen LogP) is 2.24. The zero-order chi connectivity index (χ0) is 18.0. The van der Waals surface area contributed by atoms with Crippen LogP contribution >= 0.6 is 0 Å². The molecule has 1 saturated heterocycles. The van der Waals surface area contributed by atoms with E-state index < -0.39 is 17.1 Å². The second kappa shape index (κ2) is 6.93. The van der Waals surface area contributed by atoms with Crippen LogP contribution in [0.3, 0.4) is 0 Å². The van der Waals surface area contributed by atoms with E-state index in [1.165, 1.54) is 22.8 Å². The second-order valence-corrected chi connectivity index (χ2v) is 6.42. The summed E-state index contributed by atoms with van der Waals surface area (Å²) < 4.78 is 14.9. The van der Waals surface area contributed by atoms with Gasteiger partial charge < -0.3 is 10.0 Å². The number of rotatable bonds is 3. The molecular formula is C18H19FN4O2. The van der Waals surface area contributed by atoms with Gasteiger partial charge in [0.1, 0.15) is 5.82 Å². The molecule has 1 aromatic heterocycles.